The van der Waals surface area contributed by atoms with E-state index < -0.39 is 5.91 Å². The van der Waals surface area contributed by atoms with E-state index in [1.165, 1.54) is 23.1 Å². The number of tetrazole rings is 1. The highest BCUT2D eigenvalue weighted by molar-refractivity contribution is 6.01. The van der Waals surface area contributed by atoms with Crippen LogP contribution < -0.4 is 5.43 Å². The Bertz CT molecular complexity index is 889. The Morgan fingerprint density at radius 2 is 1.96 bits per heavy atom. The van der Waals surface area contributed by atoms with E-state index >= 15 is 0 Å². The van der Waals surface area contributed by atoms with Crippen molar-refractivity contribution >= 4 is 11.6 Å². The van der Waals surface area contributed by atoms with Crippen LogP contribution in [-0.2, 0) is 0 Å². The van der Waals surface area contributed by atoms with Crippen molar-refractivity contribution in [3.05, 3.63) is 66.0 Å². The van der Waals surface area contributed by atoms with Crippen molar-refractivity contribution in [1.82, 2.24) is 25.6 Å². The molecular formula is C16H14N6O2. The molecule has 3 rings (SSSR count). The number of aromatic nitrogens is 4. The van der Waals surface area contributed by atoms with Crippen LogP contribution in [-0.4, -0.2) is 36.9 Å². The third-order valence-electron chi connectivity index (χ3n) is 3.31. The van der Waals surface area contributed by atoms with Gasteiger partial charge in [0.05, 0.1) is 11.4 Å². The fourth-order valence-corrected chi connectivity index (χ4v) is 2.06. The van der Waals surface area contributed by atoms with Gasteiger partial charge < -0.3 is 5.11 Å². The Balaban J connectivity index is 1.76. The van der Waals surface area contributed by atoms with Crippen molar-refractivity contribution in [2.24, 2.45) is 5.10 Å². The molecule has 0 aliphatic heterocycles. The summed E-state index contributed by atoms with van der Waals surface area (Å²) in [6.07, 6.45) is 1.50. The van der Waals surface area contributed by atoms with E-state index in [2.05, 4.69) is 26.1 Å². The van der Waals surface area contributed by atoms with E-state index in [9.17, 15) is 9.90 Å². The second-order valence-electron chi connectivity index (χ2n) is 4.99. The Labute approximate surface area is 137 Å². The molecule has 0 fully saturated rings. The van der Waals surface area contributed by atoms with E-state index in [-0.39, 0.29) is 5.75 Å². The molecule has 0 aliphatic rings. The van der Waals surface area contributed by atoms with Gasteiger partial charge in [0.2, 0.25) is 0 Å². The molecule has 0 spiro atoms. The molecule has 0 aliphatic carbocycles. The molecule has 1 heterocycles. The Morgan fingerprint density at radius 1 is 1.17 bits per heavy atom. The van der Waals surface area contributed by atoms with Crippen LogP contribution in [0.2, 0.25) is 0 Å². The van der Waals surface area contributed by atoms with Gasteiger partial charge in [-0.1, -0.05) is 18.2 Å². The van der Waals surface area contributed by atoms with E-state index in [1.54, 1.807) is 19.1 Å². The molecule has 0 saturated heterocycles. The van der Waals surface area contributed by atoms with Gasteiger partial charge in [-0.15, -0.1) is 5.10 Å². The van der Waals surface area contributed by atoms with E-state index in [4.69, 9.17) is 0 Å². The SMILES string of the molecule is C/C(=N/NC(=O)c1cccc(O)c1)c1cccc(-n2cnnn2)c1. The molecule has 1 aromatic heterocycles. The number of carbonyl (C=O) groups excluding carboxylic acids is 1. The first-order chi connectivity index (χ1) is 11.6. The van der Waals surface area contributed by atoms with Crippen LogP contribution in [0.25, 0.3) is 5.69 Å². The van der Waals surface area contributed by atoms with Crippen LogP contribution in [0, 0.1) is 0 Å². The van der Waals surface area contributed by atoms with Crippen molar-refractivity contribution in [3.63, 3.8) is 0 Å². The van der Waals surface area contributed by atoms with Crippen molar-refractivity contribution < 1.29 is 9.90 Å². The van der Waals surface area contributed by atoms with Gasteiger partial charge >= 0.3 is 0 Å². The predicted molar refractivity (Wildman–Crippen MR) is 86.9 cm³/mol. The summed E-state index contributed by atoms with van der Waals surface area (Å²) in [6.45, 7) is 1.78. The Kier molecular flexibility index (Phi) is 4.28. The number of amides is 1. The molecule has 24 heavy (non-hydrogen) atoms. The zero-order valence-corrected chi connectivity index (χ0v) is 12.8. The third kappa shape index (κ3) is 3.43. The van der Waals surface area contributed by atoms with E-state index in [0.29, 0.717) is 11.3 Å². The van der Waals surface area contributed by atoms with Gasteiger partial charge in [-0.2, -0.15) is 5.10 Å². The highest BCUT2D eigenvalue weighted by Gasteiger charge is 2.06. The standard InChI is InChI=1S/C16H14N6O2/c1-11(18-19-16(24)13-5-3-7-15(23)9-13)12-4-2-6-14(8-12)22-10-17-20-21-22/h2-10,23H,1H3,(H,19,24)/b18-11-. The molecular weight excluding hydrogens is 308 g/mol. The van der Waals surface area contributed by atoms with Crippen LogP contribution in [0.15, 0.2) is 60.0 Å². The van der Waals surface area contributed by atoms with Gasteiger partial charge in [-0.3, -0.25) is 4.79 Å². The smallest absolute Gasteiger partial charge is 0.271 e. The minimum Gasteiger partial charge on any atom is -0.508 e. The fraction of sp³-hybridized carbons (Fsp3) is 0.0625. The first-order valence-electron chi connectivity index (χ1n) is 7.11. The number of phenolic OH excluding ortho intramolecular Hbond substituents is 1. The maximum atomic E-state index is 12.0. The van der Waals surface area contributed by atoms with Crippen LogP contribution >= 0.6 is 0 Å². The highest BCUT2D eigenvalue weighted by atomic mass is 16.3. The molecule has 120 valence electrons. The second kappa shape index (κ2) is 6.69. The van der Waals surface area contributed by atoms with Gasteiger partial charge in [0, 0.05) is 5.56 Å². The monoisotopic (exact) mass is 322 g/mol. The van der Waals surface area contributed by atoms with Gasteiger partial charge in [-0.25, -0.2) is 10.1 Å². The van der Waals surface area contributed by atoms with Crippen molar-refractivity contribution in [1.29, 1.82) is 0 Å². The lowest BCUT2D eigenvalue weighted by Gasteiger charge is -2.05. The summed E-state index contributed by atoms with van der Waals surface area (Å²) in [6, 6.07) is 13.5. The summed E-state index contributed by atoms with van der Waals surface area (Å²) >= 11 is 0. The largest absolute Gasteiger partial charge is 0.508 e. The minimum atomic E-state index is -0.401. The van der Waals surface area contributed by atoms with Crippen molar-refractivity contribution in [2.75, 3.05) is 0 Å². The topological polar surface area (TPSA) is 105 Å². The second-order valence-corrected chi connectivity index (χ2v) is 4.99. The van der Waals surface area contributed by atoms with Gasteiger partial charge in [0.25, 0.3) is 5.91 Å². The zero-order chi connectivity index (χ0) is 16.9. The van der Waals surface area contributed by atoms with E-state index in [0.717, 1.165) is 11.3 Å². The summed E-state index contributed by atoms with van der Waals surface area (Å²) in [4.78, 5) is 12.0. The van der Waals surface area contributed by atoms with Crippen LogP contribution in [0.1, 0.15) is 22.8 Å². The molecule has 0 radical (unpaired) electrons. The number of nitrogens with one attached hydrogen (secondary N) is 1. The zero-order valence-electron chi connectivity index (χ0n) is 12.8. The molecule has 0 saturated carbocycles. The number of aromatic hydroxyl groups is 1. The van der Waals surface area contributed by atoms with Crippen molar-refractivity contribution in [3.8, 4) is 11.4 Å². The maximum Gasteiger partial charge on any atom is 0.271 e. The predicted octanol–water partition coefficient (Wildman–Crippen LogP) is 1.52. The number of benzene rings is 2. The van der Waals surface area contributed by atoms with E-state index in [1.807, 2.05) is 24.3 Å². The molecule has 1 amide bonds. The molecule has 0 atom stereocenters. The van der Waals surface area contributed by atoms with Gasteiger partial charge in [0.15, 0.2) is 0 Å². The fourth-order valence-electron chi connectivity index (χ4n) is 2.06. The normalized spacial score (nSPS) is 11.3. The average molecular weight is 322 g/mol. The lowest BCUT2D eigenvalue weighted by atomic mass is 10.1. The lowest BCUT2D eigenvalue weighted by molar-refractivity contribution is 0.0954. The summed E-state index contributed by atoms with van der Waals surface area (Å²) in [7, 11) is 0. The van der Waals surface area contributed by atoms with Crippen LogP contribution in [0.4, 0.5) is 0 Å². The number of hydrogen-bond acceptors (Lipinski definition) is 6. The molecule has 2 N–H and O–H groups in total. The molecule has 0 bridgehead atoms. The van der Waals surface area contributed by atoms with Crippen molar-refractivity contribution in [2.45, 2.75) is 6.92 Å². The first kappa shape index (κ1) is 15.3. The molecule has 8 nitrogen and oxygen atoms in total. The van der Waals surface area contributed by atoms with Crippen LogP contribution in [0.5, 0.6) is 5.75 Å². The molecule has 2 aromatic carbocycles. The van der Waals surface area contributed by atoms with Gasteiger partial charge in [0.1, 0.15) is 12.1 Å². The summed E-state index contributed by atoms with van der Waals surface area (Å²) in [5.74, 6) is -0.376. The quantitative estimate of drug-likeness (QED) is 0.559. The number of hydrazone groups is 1. The third-order valence-corrected chi connectivity index (χ3v) is 3.31. The first-order valence-corrected chi connectivity index (χ1v) is 7.11. The van der Waals surface area contributed by atoms with Gasteiger partial charge in [-0.05, 0) is 53.2 Å². The molecule has 3 aromatic rings. The molecule has 8 heteroatoms. The number of rotatable bonds is 4. The number of nitrogens with zero attached hydrogens (tertiary/aromatic N) is 5. The Hall–Kier alpha value is -3.55. The number of hydrogen-bond donors (Lipinski definition) is 2. The summed E-state index contributed by atoms with van der Waals surface area (Å²) in [5.41, 5.74) is 5.02. The van der Waals surface area contributed by atoms with Crippen LogP contribution in [0.3, 0.4) is 0 Å². The minimum absolute atomic E-state index is 0.0255. The molecule has 0 unspecified atom stereocenters. The maximum absolute atomic E-state index is 12.0. The summed E-state index contributed by atoms with van der Waals surface area (Å²) < 4.78 is 1.53. The number of phenols is 1. The highest BCUT2D eigenvalue weighted by Crippen LogP contribution is 2.11. The lowest BCUT2D eigenvalue weighted by Crippen LogP contribution is -2.19. The average Bonchev–Trinajstić information content (AvgIpc) is 3.14. The Morgan fingerprint density at radius 3 is 2.71 bits per heavy atom. The number of carbonyl (C=O) groups is 1. The summed E-state index contributed by atoms with van der Waals surface area (Å²) in [5, 5.41) is 24.5.